The van der Waals surface area contributed by atoms with Crippen molar-refractivity contribution in [2.45, 2.75) is 45.8 Å². The molecule has 1 saturated heterocycles. The van der Waals surface area contributed by atoms with Gasteiger partial charge in [0.2, 0.25) is 5.89 Å². The molecule has 0 N–H and O–H groups in total. The molecule has 9 nitrogen and oxygen atoms in total. The fourth-order valence-electron chi connectivity index (χ4n) is 4.39. The van der Waals surface area contributed by atoms with Crippen molar-refractivity contribution in [1.82, 2.24) is 24.4 Å². The molecule has 0 spiro atoms. The highest BCUT2D eigenvalue weighted by Gasteiger charge is 2.38. The van der Waals surface area contributed by atoms with Crippen LogP contribution in [0.3, 0.4) is 0 Å². The molecule has 1 aliphatic rings. The minimum atomic E-state index is -3.87. The first kappa shape index (κ1) is 25.1. The lowest BCUT2D eigenvalue weighted by atomic mass is 10.1. The molecule has 3 aromatic rings. The average molecular weight is 507 g/mol. The van der Waals surface area contributed by atoms with E-state index in [1.807, 2.05) is 19.9 Å². The van der Waals surface area contributed by atoms with Crippen molar-refractivity contribution < 1.29 is 21.6 Å². The van der Waals surface area contributed by atoms with Crippen LogP contribution in [0.25, 0.3) is 11.5 Å². The third-order valence-electron chi connectivity index (χ3n) is 6.09. The van der Waals surface area contributed by atoms with Gasteiger partial charge in [-0.15, -0.1) is 10.2 Å². The summed E-state index contributed by atoms with van der Waals surface area (Å²) in [6, 6.07) is 12.2. The van der Waals surface area contributed by atoms with Crippen molar-refractivity contribution in [3.8, 4) is 11.5 Å². The highest BCUT2D eigenvalue weighted by atomic mass is 32.2. The third kappa shape index (κ3) is 5.34. The zero-order chi connectivity index (χ0) is 25.2. The fraction of sp³-hybridized carbons (Fsp3) is 0.435. The first-order valence-electron chi connectivity index (χ1n) is 11.4. The molecule has 0 radical (unpaired) electrons. The SMILES string of the molecule is CCN1[C@H](C)CN(S(=O)(=O)N(Cc2ccc(-c3nnc(C(F)F)o3)cn2)c2ccccc2)C[C@@H]1C. The van der Waals surface area contributed by atoms with E-state index < -0.39 is 22.5 Å². The van der Waals surface area contributed by atoms with Crippen molar-refractivity contribution >= 4 is 15.9 Å². The number of para-hydroxylation sites is 1. The zero-order valence-electron chi connectivity index (χ0n) is 19.8. The summed E-state index contributed by atoms with van der Waals surface area (Å²) in [5, 5.41) is 6.94. The maximum absolute atomic E-state index is 13.8. The number of nitrogens with zero attached hydrogens (tertiary/aromatic N) is 6. The summed E-state index contributed by atoms with van der Waals surface area (Å²) in [7, 11) is -3.87. The summed E-state index contributed by atoms with van der Waals surface area (Å²) < 4.78 is 61.0. The molecule has 4 rings (SSSR count). The summed E-state index contributed by atoms with van der Waals surface area (Å²) in [5.74, 6) is -0.847. The van der Waals surface area contributed by atoms with Gasteiger partial charge in [-0.25, -0.2) is 0 Å². The molecule has 0 amide bonds. The largest absolute Gasteiger partial charge is 0.415 e. The van der Waals surface area contributed by atoms with Crippen LogP contribution in [0.4, 0.5) is 14.5 Å². The lowest BCUT2D eigenvalue weighted by molar-refractivity contribution is 0.0827. The molecule has 0 saturated carbocycles. The Labute approximate surface area is 203 Å². The number of hydrogen-bond acceptors (Lipinski definition) is 7. The number of piperazine rings is 1. The monoisotopic (exact) mass is 506 g/mol. The number of likely N-dealkylation sites (N-methyl/N-ethyl adjacent to an activating group) is 1. The maximum atomic E-state index is 13.8. The number of aromatic nitrogens is 3. The van der Waals surface area contributed by atoms with Crippen LogP contribution in [0.5, 0.6) is 0 Å². The number of halogens is 2. The topological polar surface area (TPSA) is 95.7 Å². The molecule has 1 aromatic carbocycles. The molecule has 0 bridgehead atoms. The number of rotatable bonds is 8. The van der Waals surface area contributed by atoms with E-state index >= 15 is 0 Å². The second-order valence-electron chi connectivity index (χ2n) is 8.48. The summed E-state index contributed by atoms with van der Waals surface area (Å²) in [6.45, 7) is 7.77. The van der Waals surface area contributed by atoms with Gasteiger partial charge in [-0.05, 0) is 44.7 Å². The van der Waals surface area contributed by atoms with E-state index in [0.29, 0.717) is 30.0 Å². The molecule has 0 aliphatic carbocycles. The molecule has 1 aliphatic heterocycles. The van der Waals surface area contributed by atoms with Gasteiger partial charge in [0.1, 0.15) is 0 Å². The lowest BCUT2D eigenvalue weighted by Crippen LogP contribution is -2.60. The molecule has 12 heteroatoms. The van der Waals surface area contributed by atoms with Crippen LogP contribution in [0.15, 0.2) is 53.1 Å². The number of benzene rings is 1. The van der Waals surface area contributed by atoms with Crippen molar-refractivity contribution in [2.24, 2.45) is 0 Å². The van der Waals surface area contributed by atoms with E-state index in [1.165, 1.54) is 14.8 Å². The predicted octanol–water partition coefficient (Wildman–Crippen LogP) is 3.74. The fourth-order valence-corrected chi connectivity index (χ4v) is 6.16. The van der Waals surface area contributed by atoms with Crippen molar-refractivity contribution in [3.05, 3.63) is 60.2 Å². The Bertz CT molecular complexity index is 1210. The highest BCUT2D eigenvalue weighted by molar-refractivity contribution is 7.90. The number of anilines is 1. The third-order valence-corrected chi connectivity index (χ3v) is 7.93. The Balaban J connectivity index is 1.60. The number of alkyl halides is 2. The summed E-state index contributed by atoms with van der Waals surface area (Å²) >= 11 is 0. The lowest BCUT2D eigenvalue weighted by Gasteiger charge is -2.44. The van der Waals surface area contributed by atoms with Crippen LogP contribution in [0.1, 0.15) is 38.8 Å². The molecular weight excluding hydrogens is 478 g/mol. The molecule has 188 valence electrons. The molecule has 2 atom stereocenters. The van der Waals surface area contributed by atoms with E-state index in [9.17, 15) is 17.2 Å². The normalized spacial score (nSPS) is 19.8. The van der Waals surface area contributed by atoms with Gasteiger partial charge in [0.25, 0.3) is 5.89 Å². The maximum Gasteiger partial charge on any atom is 0.314 e. The summed E-state index contributed by atoms with van der Waals surface area (Å²) in [6.07, 6.45) is -1.46. The van der Waals surface area contributed by atoms with E-state index in [0.717, 1.165) is 6.54 Å². The van der Waals surface area contributed by atoms with E-state index in [4.69, 9.17) is 4.42 Å². The van der Waals surface area contributed by atoms with Crippen molar-refractivity contribution in [3.63, 3.8) is 0 Å². The summed E-state index contributed by atoms with van der Waals surface area (Å²) in [5.41, 5.74) is 1.36. The second-order valence-corrected chi connectivity index (χ2v) is 10.3. The van der Waals surface area contributed by atoms with Crippen LogP contribution < -0.4 is 4.31 Å². The zero-order valence-corrected chi connectivity index (χ0v) is 20.6. The van der Waals surface area contributed by atoms with E-state index in [1.54, 1.807) is 36.4 Å². The Morgan fingerprint density at radius 3 is 2.31 bits per heavy atom. The Morgan fingerprint density at radius 1 is 1.09 bits per heavy atom. The van der Waals surface area contributed by atoms with Crippen LogP contribution in [0.2, 0.25) is 0 Å². The minimum absolute atomic E-state index is 0.00447. The highest BCUT2D eigenvalue weighted by Crippen LogP contribution is 2.27. The van der Waals surface area contributed by atoms with Crippen molar-refractivity contribution in [1.29, 1.82) is 0 Å². The van der Waals surface area contributed by atoms with E-state index in [-0.39, 0.29) is 24.5 Å². The van der Waals surface area contributed by atoms with Gasteiger partial charge in [0.15, 0.2) is 0 Å². The molecule has 0 unspecified atom stereocenters. The van der Waals surface area contributed by atoms with Gasteiger partial charge in [-0.1, -0.05) is 25.1 Å². The van der Waals surface area contributed by atoms with Crippen LogP contribution in [0, 0.1) is 0 Å². The molecule has 1 fully saturated rings. The first-order valence-corrected chi connectivity index (χ1v) is 12.8. The number of hydrogen-bond donors (Lipinski definition) is 0. The van der Waals surface area contributed by atoms with Gasteiger partial charge in [-0.3, -0.25) is 14.2 Å². The van der Waals surface area contributed by atoms with E-state index in [2.05, 4.69) is 27.0 Å². The predicted molar refractivity (Wildman–Crippen MR) is 127 cm³/mol. The Hall–Kier alpha value is -2.96. The quantitative estimate of drug-likeness (QED) is 0.459. The molecular formula is C23H28F2N6O3S. The van der Waals surface area contributed by atoms with Crippen LogP contribution in [-0.2, 0) is 16.8 Å². The van der Waals surface area contributed by atoms with Crippen LogP contribution in [-0.4, -0.2) is 64.5 Å². The van der Waals surface area contributed by atoms with Crippen molar-refractivity contribution in [2.75, 3.05) is 23.9 Å². The Kier molecular flexibility index (Phi) is 7.43. The standard InChI is InChI=1S/C23H28F2N6O3S/c1-4-30-16(2)13-29(14-17(30)3)35(32,33)31(20-8-6-5-7-9-20)15-19-11-10-18(12-26-19)22-27-28-23(34-22)21(24)25/h5-12,16-17,21H,4,13-15H2,1-3H3/t16-,17+. The van der Waals surface area contributed by atoms with Crippen LogP contribution >= 0.6 is 0 Å². The smallest absolute Gasteiger partial charge is 0.314 e. The van der Waals surface area contributed by atoms with Gasteiger partial charge < -0.3 is 4.42 Å². The molecule has 35 heavy (non-hydrogen) atoms. The molecule has 2 aromatic heterocycles. The summed E-state index contributed by atoms with van der Waals surface area (Å²) in [4.78, 5) is 6.63. The van der Waals surface area contributed by atoms with Gasteiger partial charge >= 0.3 is 16.6 Å². The second kappa shape index (κ2) is 10.3. The van der Waals surface area contributed by atoms with Gasteiger partial charge in [0, 0.05) is 31.4 Å². The minimum Gasteiger partial charge on any atom is -0.415 e. The first-order chi connectivity index (χ1) is 16.7. The number of pyridine rings is 1. The van der Waals surface area contributed by atoms with Gasteiger partial charge in [0.05, 0.1) is 23.5 Å². The van der Waals surface area contributed by atoms with Gasteiger partial charge in [-0.2, -0.15) is 21.5 Å². The molecule has 3 heterocycles. The average Bonchev–Trinajstić information content (AvgIpc) is 3.34. The Morgan fingerprint density at radius 2 is 1.77 bits per heavy atom.